The minimum atomic E-state index is 0.667. The van der Waals surface area contributed by atoms with Crippen LogP contribution in [-0.4, -0.2) is 22.8 Å². The van der Waals surface area contributed by atoms with Crippen LogP contribution in [-0.2, 0) is 0 Å². The van der Waals surface area contributed by atoms with E-state index in [0.29, 0.717) is 5.95 Å². The zero-order valence-corrected chi connectivity index (χ0v) is 12.9. The van der Waals surface area contributed by atoms with Crippen molar-refractivity contribution in [3.8, 4) is 0 Å². The molecule has 0 saturated carbocycles. The Balaban J connectivity index is 2.14. The number of aromatic nitrogens is 2. The predicted octanol–water partition coefficient (Wildman–Crippen LogP) is 4.07. The van der Waals surface area contributed by atoms with Crippen LogP contribution >= 0.6 is 11.8 Å². The Hall–Kier alpha value is -1.75. The van der Waals surface area contributed by atoms with Gasteiger partial charge in [0.15, 0.2) is 0 Å². The minimum absolute atomic E-state index is 0.667. The zero-order chi connectivity index (χ0) is 14.4. The van der Waals surface area contributed by atoms with Gasteiger partial charge in [0, 0.05) is 28.9 Å². The molecular weight excluding hydrogens is 268 g/mol. The molecule has 1 aromatic heterocycles. The van der Waals surface area contributed by atoms with Crippen LogP contribution in [0.25, 0.3) is 0 Å². The highest BCUT2D eigenvalue weighted by molar-refractivity contribution is 7.98. The SMILES string of the molecule is CCCNc1ncc(C)c(Nc2ccc(SC)cc2)n1. The molecule has 0 aliphatic carbocycles. The van der Waals surface area contributed by atoms with Crippen LogP contribution < -0.4 is 10.6 Å². The molecule has 1 aromatic carbocycles. The average Bonchev–Trinajstić information content (AvgIpc) is 2.49. The normalized spacial score (nSPS) is 10.3. The summed E-state index contributed by atoms with van der Waals surface area (Å²) in [5.74, 6) is 1.51. The maximum Gasteiger partial charge on any atom is 0.224 e. The van der Waals surface area contributed by atoms with Crippen molar-refractivity contribution in [3.63, 3.8) is 0 Å². The summed E-state index contributed by atoms with van der Waals surface area (Å²) in [5, 5.41) is 6.54. The van der Waals surface area contributed by atoms with Crippen LogP contribution in [0, 0.1) is 6.92 Å². The fourth-order valence-electron chi connectivity index (χ4n) is 1.70. The molecule has 106 valence electrons. The van der Waals surface area contributed by atoms with Crippen molar-refractivity contribution in [2.45, 2.75) is 25.2 Å². The summed E-state index contributed by atoms with van der Waals surface area (Å²) in [4.78, 5) is 10.0. The summed E-state index contributed by atoms with van der Waals surface area (Å²) in [6, 6.07) is 8.32. The monoisotopic (exact) mass is 288 g/mol. The molecule has 0 amide bonds. The lowest BCUT2D eigenvalue weighted by Crippen LogP contribution is -2.06. The molecule has 2 N–H and O–H groups in total. The van der Waals surface area contributed by atoms with E-state index in [9.17, 15) is 0 Å². The molecule has 2 aromatic rings. The van der Waals surface area contributed by atoms with Gasteiger partial charge in [-0.05, 0) is 43.9 Å². The zero-order valence-electron chi connectivity index (χ0n) is 12.1. The summed E-state index contributed by atoms with van der Waals surface area (Å²) in [5.41, 5.74) is 2.06. The number of nitrogens with zero attached hydrogens (tertiary/aromatic N) is 2. The second-order valence-corrected chi connectivity index (χ2v) is 5.39. The van der Waals surface area contributed by atoms with Crippen molar-refractivity contribution in [1.82, 2.24) is 9.97 Å². The molecule has 4 nitrogen and oxygen atoms in total. The minimum Gasteiger partial charge on any atom is -0.354 e. The Bertz CT molecular complexity index is 554. The van der Waals surface area contributed by atoms with Crippen LogP contribution in [0.3, 0.4) is 0 Å². The van der Waals surface area contributed by atoms with E-state index in [4.69, 9.17) is 0 Å². The van der Waals surface area contributed by atoms with Crippen LogP contribution in [0.4, 0.5) is 17.5 Å². The fourth-order valence-corrected chi connectivity index (χ4v) is 2.11. The number of thioether (sulfide) groups is 1. The molecule has 0 spiro atoms. The van der Waals surface area contributed by atoms with E-state index in [1.54, 1.807) is 11.8 Å². The van der Waals surface area contributed by atoms with E-state index >= 15 is 0 Å². The smallest absolute Gasteiger partial charge is 0.224 e. The number of hydrogen-bond acceptors (Lipinski definition) is 5. The Morgan fingerprint density at radius 3 is 2.60 bits per heavy atom. The molecule has 0 atom stereocenters. The molecule has 2 rings (SSSR count). The van der Waals surface area contributed by atoms with Gasteiger partial charge in [-0.1, -0.05) is 6.92 Å². The van der Waals surface area contributed by atoms with Crippen LogP contribution in [0.5, 0.6) is 0 Å². The first-order valence-electron chi connectivity index (χ1n) is 6.71. The quantitative estimate of drug-likeness (QED) is 0.785. The molecule has 0 saturated heterocycles. The molecule has 20 heavy (non-hydrogen) atoms. The summed E-state index contributed by atoms with van der Waals surface area (Å²) in [6.45, 7) is 5.00. The van der Waals surface area contributed by atoms with Crippen LogP contribution in [0.1, 0.15) is 18.9 Å². The van der Waals surface area contributed by atoms with Gasteiger partial charge in [-0.15, -0.1) is 11.8 Å². The summed E-state index contributed by atoms with van der Waals surface area (Å²) in [6.07, 6.45) is 4.96. The number of rotatable bonds is 6. The van der Waals surface area contributed by atoms with Gasteiger partial charge >= 0.3 is 0 Å². The van der Waals surface area contributed by atoms with E-state index in [1.165, 1.54) is 4.90 Å². The van der Waals surface area contributed by atoms with Crippen molar-refractivity contribution in [2.24, 2.45) is 0 Å². The van der Waals surface area contributed by atoms with E-state index < -0.39 is 0 Å². The van der Waals surface area contributed by atoms with Crippen LogP contribution in [0.2, 0.25) is 0 Å². The van der Waals surface area contributed by atoms with E-state index in [-0.39, 0.29) is 0 Å². The van der Waals surface area contributed by atoms with Gasteiger partial charge in [0.25, 0.3) is 0 Å². The second kappa shape index (κ2) is 7.14. The lowest BCUT2D eigenvalue weighted by molar-refractivity contribution is 0.950. The van der Waals surface area contributed by atoms with Crippen molar-refractivity contribution in [3.05, 3.63) is 36.0 Å². The van der Waals surface area contributed by atoms with Gasteiger partial charge in [-0.2, -0.15) is 4.98 Å². The van der Waals surface area contributed by atoms with Crippen molar-refractivity contribution in [1.29, 1.82) is 0 Å². The molecule has 1 heterocycles. The highest BCUT2D eigenvalue weighted by atomic mass is 32.2. The number of aryl methyl sites for hydroxylation is 1. The first kappa shape index (κ1) is 14.7. The molecule has 0 unspecified atom stereocenters. The number of anilines is 3. The van der Waals surface area contributed by atoms with E-state index in [0.717, 1.165) is 30.0 Å². The van der Waals surface area contributed by atoms with Gasteiger partial charge in [-0.3, -0.25) is 0 Å². The summed E-state index contributed by atoms with van der Waals surface area (Å²) < 4.78 is 0. The Morgan fingerprint density at radius 2 is 1.95 bits per heavy atom. The van der Waals surface area contributed by atoms with E-state index in [2.05, 4.69) is 58.0 Å². The third kappa shape index (κ3) is 3.87. The topological polar surface area (TPSA) is 49.8 Å². The van der Waals surface area contributed by atoms with Crippen molar-refractivity contribution in [2.75, 3.05) is 23.4 Å². The lowest BCUT2D eigenvalue weighted by atomic mass is 10.3. The Labute approximate surface area is 124 Å². The number of benzene rings is 1. The first-order valence-corrected chi connectivity index (χ1v) is 7.94. The Kier molecular flexibility index (Phi) is 5.24. The maximum absolute atomic E-state index is 4.51. The third-order valence-corrected chi connectivity index (χ3v) is 3.60. The predicted molar refractivity (Wildman–Crippen MR) is 87.1 cm³/mol. The van der Waals surface area contributed by atoms with Crippen molar-refractivity contribution < 1.29 is 0 Å². The second-order valence-electron chi connectivity index (χ2n) is 4.51. The maximum atomic E-state index is 4.51. The molecule has 0 bridgehead atoms. The molecule has 0 aliphatic heterocycles. The first-order chi connectivity index (χ1) is 9.72. The lowest BCUT2D eigenvalue weighted by Gasteiger charge is -2.11. The van der Waals surface area contributed by atoms with Gasteiger partial charge in [-0.25, -0.2) is 4.98 Å². The highest BCUT2D eigenvalue weighted by Crippen LogP contribution is 2.22. The largest absolute Gasteiger partial charge is 0.354 e. The van der Waals surface area contributed by atoms with Crippen molar-refractivity contribution >= 4 is 29.2 Å². The van der Waals surface area contributed by atoms with Gasteiger partial charge in [0.05, 0.1) is 0 Å². The molecule has 0 radical (unpaired) electrons. The van der Waals surface area contributed by atoms with Gasteiger partial charge in [0.2, 0.25) is 5.95 Å². The molecular formula is C15H20N4S. The summed E-state index contributed by atoms with van der Waals surface area (Å²) in [7, 11) is 0. The molecule has 5 heteroatoms. The third-order valence-electron chi connectivity index (χ3n) is 2.86. The standard InChI is InChI=1S/C15H20N4S/c1-4-9-16-15-17-10-11(2)14(19-15)18-12-5-7-13(20-3)8-6-12/h5-8,10H,4,9H2,1-3H3,(H2,16,17,18,19). The molecule has 0 aliphatic rings. The van der Waals surface area contributed by atoms with Gasteiger partial charge in [0.1, 0.15) is 5.82 Å². The fraction of sp³-hybridized carbons (Fsp3) is 0.333. The average molecular weight is 288 g/mol. The molecule has 0 fully saturated rings. The van der Waals surface area contributed by atoms with Crippen LogP contribution in [0.15, 0.2) is 35.4 Å². The highest BCUT2D eigenvalue weighted by Gasteiger charge is 2.04. The summed E-state index contributed by atoms with van der Waals surface area (Å²) >= 11 is 1.74. The Morgan fingerprint density at radius 1 is 1.20 bits per heavy atom. The number of nitrogens with one attached hydrogen (secondary N) is 2. The number of hydrogen-bond donors (Lipinski definition) is 2. The van der Waals surface area contributed by atoms with E-state index in [1.807, 2.05) is 13.1 Å². The van der Waals surface area contributed by atoms with Gasteiger partial charge < -0.3 is 10.6 Å².